The van der Waals surface area contributed by atoms with Gasteiger partial charge in [0.2, 0.25) is 5.88 Å². The molecule has 8 heteroatoms. The smallest absolute Gasteiger partial charge is 0.256 e. The first-order chi connectivity index (χ1) is 14.6. The van der Waals surface area contributed by atoms with Gasteiger partial charge in [0.15, 0.2) is 0 Å². The van der Waals surface area contributed by atoms with Crippen LogP contribution in [0.3, 0.4) is 0 Å². The van der Waals surface area contributed by atoms with Crippen LogP contribution in [0.5, 0.6) is 5.88 Å². The second-order valence-electron chi connectivity index (χ2n) is 7.41. The summed E-state index contributed by atoms with van der Waals surface area (Å²) in [6, 6.07) is 11.0. The molecular formula is C22H22N6O2. The van der Waals surface area contributed by atoms with Crippen molar-refractivity contribution in [2.24, 2.45) is 0 Å². The molecule has 0 aliphatic carbocycles. The monoisotopic (exact) mass is 402 g/mol. The van der Waals surface area contributed by atoms with E-state index in [1.54, 1.807) is 30.7 Å². The molecule has 3 aromatic rings. The van der Waals surface area contributed by atoms with Crippen LogP contribution >= 0.6 is 0 Å². The van der Waals surface area contributed by atoms with E-state index in [9.17, 15) is 4.79 Å². The number of para-hydroxylation sites is 1. The number of carbonyl (C=O) groups is 1. The van der Waals surface area contributed by atoms with Crippen LogP contribution < -0.4 is 4.74 Å². The SMILES string of the molecule is Cc1cccc(C(=O)N2CC(Oc3cc(C#N)ccn3)CCC2C)c1-n1nccn1. The molecule has 3 heterocycles. The van der Waals surface area contributed by atoms with Gasteiger partial charge in [0, 0.05) is 18.3 Å². The average molecular weight is 402 g/mol. The lowest BCUT2D eigenvalue weighted by atomic mass is 9.99. The van der Waals surface area contributed by atoms with E-state index in [2.05, 4.69) is 21.3 Å². The Balaban J connectivity index is 1.58. The highest BCUT2D eigenvalue weighted by molar-refractivity contribution is 5.98. The summed E-state index contributed by atoms with van der Waals surface area (Å²) >= 11 is 0. The summed E-state index contributed by atoms with van der Waals surface area (Å²) in [4.78, 5) is 21.0. The summed E-state index contributed by atoms with van der Waals surface area (Å²) in [5.41, 5.74) is 2.66. The van der Waals surface area contributed by atoms with Crippen LogP contribution in [0.2, 0.25) is 0 Å². The zero-order valence-electron chi connectivity index (χ0n) is 16.9. The number of benzene rings is 1. The maximum atomic E-state index is 13.5. The maximum Gasteiger partial charge on any atom is 0.256 e. The molecule has 8 nitrogen and oxygen atoms in total. The predicted molar refractivity (Wildman–Crippen MR) is 109 cm³/mol. The number of likely N-dealkylation sites (tertiary alicyclic amines) is 1. The number of rotatable bonds is 4. The van der Waals surface area contributed by atoms with Gasteiger partial charge in [-0.1, -0.05) is 12.1 Å². The van der Waals surface area contributed by atoms with E-state index in [0.717, 1.165) is 18.4 Å². The summed E-state index contributed by atoms with van der Waals surface area (Å²) in [7, 11) is 0. The van der Waals surface area contributed by atoms with E-state index in [0.29, 0.717) is 29.2 Å². The number of piperidine rings is 1. The van der Waals surface area contributed by atoms with E-state index < -0.39 is 0 Å². The number of carbonyl (C=O) groups excluding carboxylic acids is 1. The summed E-state index contributed by atoms with van der Waals surface area (Å²) in [5.74, 6) is 0.323. The van der Waals surface area contributed by atoms with Crippen LogP contribution in [0.1, 0.15) is 41.3 Å². The third kappa shape index (κ3) is 3.87. The Labute approximate surface area is 174 Å². The standard InChI is InChI=1S/C22H22N6O2/c1-15-4-3-5-19(21(15)28-25-10-11-26-28)22(29)27-14-18(7-6-16(27)2)30-20-12-17(13-23)8-9-24-20/h3-5,8-12,16,18H,6-7,14H2,1-2H3. The first kappa shape index (κ1) is 19.6. The third-order valence-electron chi connectivity index (χ3n) is 5.34. The fourth-order valence-electron chi connectivity index (χ4n) is 3.75. The molecule has 30 heavy (non-hydrogen) atoms. The van der Waals surface area contributed by atoms with Crippen LogP contribution in [-0.4, -0.2) is 49.5 Å². The number of nitriles is 1. The largest absolute Gasteiger partial charge is 0.472 e. The summed E-state index contributed by atoms with van der Waals surface area (Å²) in [6.45, 7) is 4.43. The lowest BCUT2D eigenvalue weighted by Gasteiger charge is -2.38. The lowest BCUT2D eigenvalue weighted by Crippen LogP contribution is -2.49. The number of hydrogen-bond donors (Lipinski definition) is 0. The highest BCUT2D eigenvalue weighted by Crippen LogP contribution is 2.26. The van der Waals surface area contributed by atoms with Gasteiger partial charge in [-0.2, -0.15) is 20.3 Å². The summed E-state index contributed by atoms with van der Waals surface area (Å²) in [6.07, 6.45) is 6.17. The van der Waals surface area contributed by atoms with Crippen LogP contribution in [0.15, 0.2) is 48.9 Å². The van der Waals surface area contributed by atoms with Gasteiger partial charge in [-0.25, -0.2) is 4.98 Å². The van der Waals surface area contributed by atoms with Crippen LogP contribution in [0.4, 0.5) is 0 Å². The second-order valence-corrected chi connectivity index (χ2v) is 7.41. The number of aryl methyl sites for hydroxylation is 1. The zero-order valence-corrected chi connectivity index (χ0v) is 16.9. The van der Waals surface area contributed by atoms with Crippen molar-refractivity contribution in [3.05, 3.63) is 65.6 Å². The Morgan fingerprint density at radius 2 is 2.00 bits per heavy atom. The van der Waals surface area contributed by atoms with Crippen molar-refractivity contribution in [2.75, 3.05) is 6.54 Å². The third-order valence-corrected chi connectivity index (χ3v) is 5.34. The van der Waals surface area contributed by atoms with Gasteiger partial charge < -0.3 is 9.64 Å². The number of aromatic nitrogens is 4. The maximum absolute atomic E-state index is 13.5. The van der Waals surface area contributed by atoms with E-state index in [1.807, 2.05) is 36.9 Å². The van der Waals surface area contributed by atoms with Gasteiger partial charge in [-0.05, 0) is 44.4 Å². The van der Waals surface area contributed by atoms with Crippen molar-refractivity contribution in [3.8, 4) is 17.6 Å². The van der Waals surface area contributed by atoms with Crippen molar-refractivity contribution in [1.82, 2.24) is 24.9 Å². The molecule has 0 bridgehead atoms. The molecule has 152 valence electrons. The fourth-order valence-corrected chi connectivity index (χ4v) is 3.75. The topological polar surface area (TPSA) is 96.9 Å². The van der Waals surface area contributed by atoms with E-state index >= 15 is 0 Å². The van der Waals surface area contributed by atoms with Gasteiger partial charge in [-0.15, -0.1) is 0 Å². The minimum absolute atomic E-state index is 0.0782. The molecule has 0 radical (unpaired) electrons. The molecule has 0 saturated carbocycles. The Morgan fingerprint density at radius 1 is 1.20 bits per heavy atom. The Kier molecular flexibility index (Phi) is 5.44. The quantitative estimate of drug-likeness (QED) is 0.666. The van der Waals surface area contributed by atoms with Gasteiger partial charge in [0.05, 0.1) is 36.1 Å². The van der Waals surface area contributed by atoms with Crippen molar-refractivity contribution in [1.29, 1.82) is 5.26 Å². The predicted octanol–water partition coefficient (Wildman–Crippen LogP) is 2.91. The molecule has 2 atom stereocenters. The second kappa shape index (κ2) is 8.33. The van der Waals surface area contributed by atoms with E-state index in [-0.39, 0.29) is 18.1 Å². The van der Waals surface area contributed by atoms with Crippen molar-refractivity contribution < 1.29 is 9.53 Å². The first-order valence-corrected chi connectivity index (χ1v) is 9.87. The van der Waals surface area contributed by atoms with Crippen LogP contribution in [0.25, 0.3) is 5.69 Å². The molecule has 1 aromatic carbocycles. The Morgan fingerprint density at radius 3 is 2.77 bits per heavy atom. The minimum Gasteiger partial charge on any atom is -0.472 e. The molecule has 0 spiro atoms. The molecule has 2 unspecified atom stereocenters. The molecule has 1 aliphatic heterocycles. The highest BCUT2D eigenvalue weighted by atomic mass is 16.5. The number of nitrogens with zero attached hydrogens (tertiary/aromatic N) is 6. The lowest BCUT2D eigenvalue weighted by molar-refractivity contribution is 0.0372. The van der Waals surface area contributed by atoms with Gasteiger partial charge in [-0.3, -0.25) is 4.79 Å². The number of pyridine rings is 1. The first-order valence-electron chi connectivity index (χ1n) is 9.87. The van der Waals surface area contributed by atoms with Crippen molar-refractivity contribution in [2.45, 2.75) is 38.8 Å². The normalized spacial score (nSPS) is 18.6. The minimum atomic E-state index is -0.192. The highest BCUT2D eigenvalue weighted by Gasteiger charge is 2.32. The fraction of sp³-hybridized carbons (Fsp3) is 0.318. The Bertz CT molecular complexity index is 1090. The molecule has 1 aliphatic rings. The number of ether oxygens (including phenoxy) is 1. The van der Waals surface area contributed by atoms with Crippen molar-refractivity contribution >= 4 is 5.91 Å². The number of amides is 1. The molecule has 4 rings (SSSR count). The molecular weight excluding hydrogens is 380 g/mol. The summed E-state index contributed by atoms with van der Waals surface area (Å²) < 4.78 is 6.00. The molecule has 0 N–H and O–H groups in total. The summed E-state index contributed by atoms with van der Waals surface area (Å²) in [5, 5.41) is 17.5. The van der Waals surface area contributed by atoms with Gasteiger partial charge in [0.25, 0.3) is 5.91 Å². The van der Waals surface area contributed by atoms with E-state index in [4.69, 9.17) is 10.00 Å². The molecule has 1 fully saturated rings. The Hall–Kier alpha value is -3.73. The van der Waals surface area contributed by atoms with Gasteiger partial charge in [0.1, 0.15) is 11.8 Å². The van der Waals surface area contributed by atoms with Gasteiger partial charge >= 0.3 is 0 Å². The zero-order chi connectivity index (χ0) is 21.1. The molecule has 2 aromatic heterocycles. The van der Waals surface area contributed by atoms with E-state index in [1.165, 1.54) is 4.80 Å². The molecule has 1 amide bonds. The van der Waals surface area contributed by atoms with Crippen LogP contribution in [0, 0.1) is 18.3 Å². The van der Waals surface area contributed by atoms with Crippen LogP contribution in [-0.2, 0) is 0 Å². The average Bonchev–Trinajstić information content (AvgIpc) is 3.29. The van der Waals surface area contributed by atoms with Crippen molar-refractivity contribution in [3.63, 3.8) is 0 Å². The number of hydrogen-bond acceptors (Lipinski definition) is 6. The molecule has 1 saturated heterocycles.